The fourth-order valence-corrected chi connectivity index (χ4v) is 5.78. The van der Waals surface area contributed by atoms with Gasteiger partial charge in [-0.2, -0.15) is 0 Å². The first kappa shape index (κ1) is 22.1. The van der Waals surface area contributed by atoms with E-state index in [9.17, 15) is 14.4 Å². The van der Waals surface area contributed by atoms with Crippen molar-refractivity contribution in [1.29, 1.82) is 0 Å². The molecule has 176 valence electrons. The normalized spacial score (nSPS) is 16.1. The molecule has 10 heteroatoms. The molecule has 34 heavy (non-hydrogen) atoms. The molecule has 1 saturated heterocycles. The molecule has 1 aliphatic heterocycles. The van der Waals surface area contributed by atoms with Gasteiger partial charge < -0.3 is 14.5 Å². The lowest BCUT2D eigenvalue weighted by Gasteiger charge is -2.24. The van der Waals surface area contributed by atoms with Crippen LogP contribution in [0, 0.1) is 6.92 Å². The van der Waals surface area contributed by atoms with Crippen LogP contribution in [0.5, 0.6) is 5.75 Å². The van der Waals surface area contributed by atoms with Crippen molar-refractivity contribution in [2.75, 3.05) is 13.7 Å². The first-order chi connectivity index (χ1) is 16.5. The number of nitrogens with zero attached hydrogens (tertiary/aromatic N) is 3. The average Bonchev–Trinajstić information content (AvgIpc) is 3.48. The van der Waals surface area contributed by atoms with E-state index in [1.165, 1.54) is 17.6 Å². The van der Waals surface area contributed by atoms with E-state index in [-0.39, 0.29) is 5.91 Å². The number of ether oxygens (including phenoxy) is 1. The van der Waals surface area contributed by atoms with Crippen LogP contribution in [-0.2, 0) is 17.8 Å². The number of para-hydroxylation sites is 1. The van der Waals surface area contributed by atoms with Gasteiger partial charge in [0.15, 0.2) is 0 Å². The number of rotatable bonds is 6. The molecule has 1 N–H and O–H groups in total. The van der Waals surface area contributed by atoms with E-state index in [0.717, 1.165) is 15.9 Å². The van der Waals surface area contributed by atoms with Crippen LogP contribution in [0.2, 0.25) is 0 Å². The Hall–Kier alpha value is -3.66. The Bertz CT molecular complexity index is 1480. The monoisotopic (exact) mass is 480 g/mol. The minimum atomic E-state index is -0.833. The van der Waals surface area contributed by atoms with Crippen molar-refractivity contribution in [2.45, 2.75) is 38.8 Å². The van der Waals surface area contributed by atoms with E-state index >= 15 is 0 Å². The molecule has 0 saturated carbocycles. The molecule has 1 fully saturated rings. The minimum Gasteiger partial charge on any atom is -0.496 e. The van der Waals surface area contributed by atoms with Gasteiger partial charge in [-0.1, -0.05) is 18.2 Å². The molecule has 0 spiro atoms. The summed E-state index contributed by atoms with van der Waals surface area (Å²) in [6.07, 6.45) is 4.66. The quantitative estimate of drug-likeness (QED) is 0.455. The zero-order valence-corrected chi connectivity index (χ0v) is 19.7. The summed E-state index contributed by atoms with van der Waals surface area (Å²) in [7, 11) is 1.61. The molecule has 1 atom stereocenters. The number of aromatic nitrogens is 3. The summed E-state index contributed by atoms with van der Waals surface area (Å²) in [5, 5.41) is 3.20. The fourth-order valence-electron chi connectivity index (χ4n) is 4.52. The summed E-state index contributed by atoms with van der Waals surface area (Å²) in [5.74, 6) is 0.820. The third-order valence-electron chi connectivity index (χ3n) is 6.23. The van der Waals surface area contributed by atoms with E-state index in [1.807, 2.05) is 31.2 Å². The Morgan fingerprint density at radius 3 is 2.82 bits per heavy atom. The van der Waals surface area contributed by atoms with Crippen molar-refractivity contribution in [1.82, 2.24) is 19.4 Å². The van der Waals surface area contributed by atoms with Crippen molar-refractivity contribution < 1.29 is 13.9 Å². The second-order valence-corrected chi connectivity index (χ2v) is 9.19. The van der Waals surface area contributed by atoms with Gasteiger partial charge in [0, 0.05) is 13.1 Å². The van der Waals surface area contributed by atoms with E-state index in [0.29, 0.717) is 58.9 Å². The number of aryl methyl sites for hydroxylation is 3. The summed E-state index contributed by atoms with van der Waals surface area (Å²) in [5.41, 5.74) is 0.680. The molecule has 1 unspecified atom stereocenters. The lowest BCUT2D eigenvalue weighted by molar-refractivity contribution is -0.126. The molecule has 4 aromatic rings. The Labute approximate surface area is 198 Å². The van der Waals surface area contributed by atoms with Gasteiger partial charge in [-0.3, -0.25) is 14.2 Å². The lowest BCUT2D eigenvalue weighted by Crippen LogP contribution is -2.49. The lowest BCUT2D eigenvalue weighted by atomic mass is 10.1. The van der Waals surface area contributed by atoms with Crippen LogP contribution in [0.3, 0.4) is 0 Å². The Balaban J connectivity index is 1.72. The van der Waals surface area contributed by atoms with Crippen molar-refractivity contribution in [3.05, 3.63) is 68.7 Å². The van der Waals surface area contributed by atoms with Gasteiger partial charge in [0.1, 0.15) is 22.9 Å². The first-order valence-corrected chi connectivity index (χ1v) is 11.9. The highest BCUT2D eigenvalue weighted by atomic mass is 32.1. The third kappa shape index (κ3) is 3.63. The van der Waals surface area contributed by atoms with Crippen LogP contribution in [0.4, 0.5) is 0 Å². The standard InChI is InChI=1S/C24H24N4O5S/c1-14-18-22(30)28(16-7-5-10-25-20(16)29)24(31)27(12-9-15-6-3-4-8-17(15)32-2)23(18)34-19(14)21-26-11-13-33-21/h3-4,6,8,11,13,16H,5,7,9-10,12H2,1-2H3,(H,25,29). The van der Waals surface area contributed by atoms with Crippen LogP contribution >= 0.6 is 11.3 Å². The van der Waals surface area contributed by atoms with Crippen molar-refractivity contribution in [3.8, 4) is 16.5 Å². The number of benzene rings is 1. The van der Waals surface area contributed by atoms with Gasteiger partial charge in [0.2, 0.25) is 11.8 Å². The van der Waals surface area contributed by atoms with Gasteiger partial charge in [0.25, 0.3) is 5.56 Å². The number of methoxy groups -OCH3 is 1. The molecule has 1 amide bonds. The maximum atomic E-state index is 13.7. The zero-order valence-electron chi connectivity index (χ0n) is 18.9. The highest BCUT2D eigenvalue weighted by Gasteiger charge is 2.30. The number of thiophene rings is 1. The summed E-state index contributed by atoms with van der Waals surface area (Å²) in [6.45, 7) is 2.68. The maximum absolute atomic E-state index is 13.7. The SMILES string of the molecule is COc1ccccc1CCn1c(=O)n(C2CCCNC2=O)c(=O)c2c(C)c(-c3ncco3)sc21. The number of hydrogen-bond acceptors (Lipinski definition) is 7. The highest BCUT2D eigenvalue weighted by Crippen LogP contribution is 2.36. The van der Waals surface area contributed by atoms with Gasteiger partial charge in [-0.25, -0.2) is 14.3 Å². The van der Waals surface area contributed by atoms with Gasteiger partial charge in [-0.05, 0) is 43.4 Å². The number of hydrogen-bond donors (Lipinski definition) is 1. The zero-order chi connectivity index (χ0) is 23.8. The maximum Gasteiger partial charge on any atom is 0.332 e. The van der Waals surface area contributed by atoms with Crippen molar-refractivity contribution in [2.24, 2.45) is 0 Å². The third-order valence-corrected chi connectivity index (χ3v) is 7.54. The molecule has 0 bridgehead atoms. The number of nitrogens with one attached hydrogen (secondary N) is 1. The van der Waals surface area contributed by atoms with Crippen molar-refractivity contribution in [3.63, 3.8) is 0 Å². The Morgan fingerprint density at radius 1 is 1.26 bits per heavy atom. The fraction of sp³-hybridized carbons (Fsp3) is 0.333. The second-order valence-electron chi connectivity index (χ2n) is 8.19. The number of fused-ring (bicyclic) bond motifs is 1. The summed E-state index contributed by atoms with van der Waals surface area (Å²) < 4.78 is 13.7. The van der Waals surface area contributed by atoms with E-state index in [2.05, 4.69) is 10.3 Å². The first-order valence-electron chi connectivity index (χ1n) is 11.1. The van der Waals surface area contributed by atoms with Crippen LogP contribution in [-0.4, -0.2) is 33.7 Å². The number of carbonyl (C=O) groups excluding carboxylic acids is 1. The predicted molar refractivity (Wildman–Crippen MR) is 129 cm³/mol. The number of carbonyl (C=O) groups is 1. The Morgan fingerprint density at radius 2 is 2.09 bits per heavy atom. The summed E-state index contributed by atoms with van der Waals surface area (Å²) in [6, 6.07) is 6.79. The highest BCUT2D eigenvalue weighted by molar-refractivity contribution is 7.22. The largest absolute Gasteiger partial charge is 0.496 e. The molecule has 1 aliphatic rings. The van der Waals surface area contributed by atoms with Crippen LogP contribution in [0.25, 0.3) is 21.0 Å². The number of oxazole rings is 1. The molecule has 0 radical (unpaired) electrons. The van der Waals surface area contributed by atoms with Crippen molar-refractivity contribution >= 4 is 27.5 Å². The van der Waals surface area contributed by atoms with E-state index < -0.39 is 17.3 Å². The molecule has 3 aromatic heterocycles. The topological polar surface area (TPSA) is 108 Å². The van der Waals surface area contributed by atoms with E-state index in [1.54, 1.807) is 17.9 Å². The van der Waals surface area contributed by atoms with Crippen LogP contribution < -0.4 is 21.3 Å². The average molecular weight is 481 g/mol. The van der Waals surface area contributed by atoms with Gasteiger partial charge in [0.05, 0.1) is 23.6 Å². The molecule has 4 heterocycles. The molecule has 5 rings (SSSR count). The number of amides is 1. The summed E-state index contributed by atoms with van der Waals surface area (Å²) in [4.78, 5) is 45.4. The number of piperidine rings is 1. The Kier molecular flexibility index (Phi) is 5.82. The van der Waals surface area contributed by atoms with Gasteiger partial charge >= 0.3 is 5.69 Å². The molecule has 9 nitrogen and oxygen atoms in total. The van der Waals surface area contributed by atoms with E-state index in [4.69, 9.17) is 9.15 Å². The smallest absolute Gasteiger partial charge is 0.332 e. The van der Waals surface area contributed by atoms with Crippen LogP contribution in [0.15, 0.2) is 50.7 Å². The van der Waals surface area contributed by atoms with Gasteiger partial charge in [-0.15, -0.1) is 11.3 Å². The summed E-state index contributed by atoms with van der Waals surface area (Å²) >= 11 is 1.30. The molecular formula is C24H24N4O5S. The minimum absolute atomic E-state index is 0.304. The predicted octanol–water partition coefficient (Wildman–Crippen LogP) is 2.89. The molecular weight excluding hydrogens is 456 g/mol. The molecule has 1 aromatic carbocycles. The molecule has 0 aliphatic carbocycles. The van der Waals surface area contributed by atoms with Crippen LogP contribution in [0.1, 0.15) is 30.0 Å². The second kappa shape index (κ2) is 8.94.